The van der Waals surface area contributed by atoms with Crippen molar-refractivity contribution in [2.24, 2.45) is 0 Å². The zero-order chi connectivity index (χ0) is 9.68. The minimum absolute atomic E-state index is 0.793. The van der Waals surface area contributed by atoms with Crippen LogP contribution in [-0.2, 0) is 4.74 Å². The minimum Gasteiger partial charge on any atom is -0.491 e. The van der Waals surface area contributed by atoms with Gasteiger partial charge >= 0.3 is 0 Å². The Kier molecular flexibility index (Phi) is 3.62. The molecule has 0 aromatic heterocycles. The van der Waals surface area contributed by atoms with Gasteiger partial charge in [-0.05, 0) is 25.5 Å². The maximum atomic E-state index is 5.60. The van der Waals surface area contributed by atoms with Gasteiger partial charge in [0.2, 0.25) is 0 Å². The lowest BCUT2D eigenvalue weighted by Gasteiger charge is -2.17. The van der Waals surface area contributed by atoms with Gasteiger partial charge in [0, 0.05) is 13.6 Å². The molecular formula is C11H17NO. The van der Waals surface area contributed by atoms with E-state index in [1.165, 1.54) is 0 Å². The first-order valence-corrected chi connectivity index (χ1v) is 4.63. The first-order chi connectivity index (χ1) is 6.29. The van der Waals surface area contributed by atoms with Gasteiger partial charge in [-0.25, -0.2) is 0 Å². The maximum absolute atomic E-state index is 5.60. The molecule has 0 fully saturated rings. The average molecular weight is 179 g/mol. The molecule has 1 aliphatic rings. The highest BCUT2D eigenvalue weighted by atomic mass is 16.5. The first-order valence-electron chi connectivity index (χ1n) is 4.63. The lowest BCUT2D eigenvalue weighted by atomic mass is 10.3. The Bertz CT molecular complexity index is 240. The van der Waals surface area contributed by atoms with Gasteiger partial charge in [-0.15, -0.1) is 0 Å². The van der Waals surface area contributed by atoms with Crippen LogP contribution in [0.25, 0.3) is 0 Å². The van der Waals surface area contributed by atoms with E-state index < -0.39 is 0 Å². The molecule has 0 aliphatic carbocycles. The lowest BCUT2D eigenvalue weighted by molar-refractivity contribution is 0.226. The zero-order valence-corrected chi connectivity index (χ0v) is 8.42. The van der Waals surface area contributed by atoms with Crippen molar-refractivity contribution in [3.8, 4) is 0 Å². The Hall–Kier alpha value is -1.18. The van der Waals surface area contributed by atoms with Gasteiger partial charge < -0.3 is 9.64 Å². The summed E-state index contributed by atoms with van der Waals surface area (Å²) >= 11 is 0. The molecule has 0 aromatic rings. The highest BCUT2D eigenvalue weighted by molar-refractivity contribution is 5.27. The van der Waals surface area contributed by atoms with E-state index in [1.807, 2.05) is 25.2 Å². The van der Waals surface area contributed by atoms with Gasteiger partial charge in [0.25, 0.3) is 0 Å². The van der Waals surface area contributed by atoms with Gasteiger partial charge in [-0.3, -0.25) is 0 Å². The predicted octanol–water partition coefficient (Wildman–Crippen LogP) is 2.31. The van der Waals surface area contributed by atoms with E-state index in [2.05, 4.69) is 18.5 Å². The highest BCUT2D eigenvalue weighted by Gasteiger charge is 2.11. The molecule has 1 heterocycles. The fraction of sp³-hybridized carbons (Fsp3) is 0.455. The Balaban J connectivity index is 2.95. The summed E-state index contributed by atoms with van der Waals surface area (Å²) in [5, 5.41) is 0. The Morgan fingerprint density at radius 2 is 2.31 bits per heavy atom. The van der Waals surface area contributed by atoms with Crippen LogP contribution in [0.2, 0.25) is 0 Å². The van der Waals surface area contributed by atoms with Crippen LogP contribution >= 0.6 is 0 Å². The summed E-state index contributed by atoms with van der Waals surface area (Å²) in [6, 6.07) is 0. The topological polar surface area (TPSA) is 12.5 Å². The van der Waals surface area contributed by atoms with Crippen LogP contribution < -0.4 is 0 Å². The van der Waals surface area contributed by atoms with Crippen molar-refractivity contribution < 1.29 is 4.74 Å². The number of ether oxygens (including phenoxy) is 1. The Morgan fingerprint density at radius 1 is 1.54 bits per heavy atom. The molecule has 1 rings (SSSR count). The largest absolute Gasteiger partial charge is 0.491 e. The normalized spacial score (nSPS) is 18.8. The van der Waals surface area contributed by atoms with Gasteiger partial charge in [-0.1, -0.05) is 12.7 Å². The van der Waals surface area contributed by atoms with Crippen LogP contribution in [0, 0.1) is 0 Å². The summed E-state index contributed by atoms with van der Waals surface area (Å²) in [4.78, 5) is 2.18. The molecular weight excluding hydrogens is 162 g/mol. The van der Waals surface area contributed by atoms with Gasteiger partial charge in [0.1, 0.15) is 5.76 Å². The van der Waals surface area contributed by atoms with Crippen LogP contribution in [0.5, 0.6) is 0 Å². The van der Waals surface area contributed by atoms with Crippen molar-refractivity contribution in [3.05, 3.63) is 36.3 Å². The third-order valence-electron chi connectivity index (χ3n) is 2.07. The third kappa shape index (κ3) is 2.38. The molecule has 0 atom stereocenters. The Morgan fingerprint density at radius 3 is 2.92 bits per heavy atom. The summed E-state index contributed by atoms with van der Waals surface area (Å²) in [7, 11) is 2.06. The average Bonchev–Trinajstić information content (AvgIpc) is 2.28. The van der Waals surface area contributed by atoms with E-state index in [-0.39, 0.29) is 0 Å². The maximum Gasteiger partial charge on any atom is 0.142 e. The zero-order valence-electron chi connectivity index (χ0n) is 8.42. The second-order valence-electron chi connectivity index (χ2n) is 3.08. The van der Waals surface area contributed by atoms with Crippen molar-refractivity contribution in [1.29, 1.82) is 0 Å². The molecule has 1 aliphatic heterocycles. The van der Waals surface area contributed by atoms with Gasteiger partial charge in [-0.2, -0.15) is 0 Å². The predicted molar refractivity (Wildman–Crippen MR) is 55.2 cm³/mol. The second kappa shape index (κ2) is 4.75. The van der Waals surface area contributed by atoms with E-state index in [4.69, 9.17) is 4.74 Å². The standard InChI is InChI=1S/C11H17NO/c1-4-7-11-10(5-2)12(3)8-6-9-13-11/h4-5,7H,2,6,8-9H2,1,3H3/b7-4-. The molecule has 0 saturated heterocycles. The molecule has 2 nitrogen and oxygen atoms in total. The molecule has 0 radical (unpaired) electrons. The van der Waals surface area contributed by atoms with Crippen molar-refractivity contribution in [3.63, 3.8) is 0 Å². The second-order valence-corrected chi connectivity index (χ2v) is 3.08. The van der Waals surface area contributed by atoms with E-state index in [9.17, 15) is 0 Å². The third-order valence-corrected chi connectivity index (χ3v) is 2.07. The summed E-state index contributed by atoms with van der Waals surface area (Å²) in [6.45, 7) is 7.61. The smallest absolute Gasteiger partial charge is 0.142 e. The van der Waals surface area contributed by atoms with Crippen LogP contribution in [0.3, 0.4) is 0 Å². The molecule has 0 saturated carbocycles. The molecule has 0 aromatic carbocycles. The summed E-state index contributed by atoms with van der Waals surface area (Å²) in [5.74, 6) is 0.928. The fourth-order valence-corrected chi connectivity index (χ4v) is 1.41. The quantitative estimate of drug-likeness (QED) is 0.645. The SMILES string of the molecule is C=CC1=C(/C=C\C)OCCCN1C. The molecule has 0 amide bonds. The molecule has 0 unspecified atom stereocenters. The molecule has 2 heteroatoms. The summed E-state index contributed by atoms with van der Waals surface area (Å²) in [6.07, 6.45) is 6.88. The number of rotatable bonds is 2. The summed E-state index contributed by atoms with van der Waals surface area (Å²) < 4.78 is 5.60. The number of allylic oxidation sites excluding steroid dienone is 3. The monoisotopic (exact) mass is 179 g/mol. The molecule has 0 spiro atoms. The minimum atomic E-state index is 0.793. The summed E-state index contributed by atoms with van der Waals surface area (Å²) in [5.41, 5.74) is 1.08. The van der Waals surface area contributed by atoms with E-state index in [0.717, 1.165) is 31.0 Å². The van der Waals surface area contributed by atoms with Crippen molar-refractivity contribution in [2.45, 2.75) is 13.3 Å². The van der Waals surface area contributed by atoms with E-state index in [0.29, 0.717) is 0 Å². The van der Waals surface area contributed by atoms with Gasteiger partial charge in [0.15, 0.2) is 0 Å². The number of nitrogens with zero attached hydrogens (tertiary/aromatic N) is 1. The van der Waals surface area contributed by atoms with Crippen LogP contribution in [0.4, 0.5) is 0 Å². The van der Waals surface area contributed by atoms with E-state index >= 15 is 0 Å². The number of hydrogen-bond acceptors (Lipinski definition) is 2. The van der Waals surface area contributed by atoms with Gasteiger partial charge in [0.05, 0.1) is 12.3 Å². The molecule has 0 N–H and O–H groups in total. The number of likely N-dealkylation sites (N-methyl/N-ethyl adjacent to an activating group) is 1. The van der Waals surface area contributed by atoms with E-state index in [1.54, 1.807) is 0 Å². The van der Waals surface area contributed by atoms with Crippen LogP contribution in [-0.4, -0.2) is 25.1 Å². The first kappa shape index (κ1) is 9.90. The van der Waals surface area contributed by atoms with Crippen molar-refractivity contribution >= 4 is 0 Å². The molecule has 72 valence electrons. The van der Waals surface area contributed by atoms with Crippen LogP contribution in [0.15, 0.2) is 36.3 Å². The lowest BCUT2D eigenvalue weighted by Crippen LogP contribution is -2.17. The molecule has 13 heavy (non-hydrogen) atoms. The van der Waals surface area contributed by atoms with Crippen molar-refractivity contribution in [2.75, 3.05) is 20.2 Å². The fourth-order valence-electron chi connectivity index (χ4n) is 1.41. The van der Waals surface area contributed by atoms with Crippen molar-refractivity contribution in [1.82, 2.24) is 4.90 Å². The van der Waals surface area contributed by atoms with Crippen LogP contribution in [0.1, 0.15) is 13.3 Å². The Labute approximate surface area is 80.2 Å². The highest BCUT2D eigenvalue weighted by Crippen LogP contribution is 2.17. The number of hydrogen-bond donors (Lipinski definition) is 0. The molecule has 0 bridgehead atoms.